The van der Waals surface area contributed by atoms with E-state index in [0.717, 1.165) is 32.0 Å². The Morgan fingerprint density at radius 3 is 2.34 bits per heavy atom. The van der Waals surface area contributed by atoms with Crippen LogP contribution in [0, 0.1) is 0 Å². The number of benzene rings is 3. The molecule has 7 heteroatoms. The van der Waals surface area contributed by atoms with E-state index in [4.69, 9.17) is 14.2 Å². The zero-order valence-corrected chi connectivity index (χ0v) is 19.0. The first-order valence-corrected chi connectivity index (χ1v) is 11.0. The van der Waals surface area contributed by atoms with Gasteiger partial charge < -0.3 is 19.5 Å². The van der Waals surface area contributed by atoms with E-state index in [1.807, 2.05) is 54.6 Å². The summed E-state index contributed by atoms with van der Waals surface area (Å²) in [5.41, 5.74) is 3.65. The number of carbonyl (C=O) groups is 1. The van der Waals surface area contributed by atoms with E-state index in [2.05, 4.69) is 16.4 Å². The molecule has 1 N–H and O–H groups in total. The normalized spacial score (nSPS) is 10.7. The van der Waals surface area contributed by atoms with Crippen LogP contribution >= 0.6 is 11.3 Å². The van der Waals surface area contributed by atoms with E-state index in [9.17, 15) is 4.79 Å². The lowest BCUT2D eigenvalue weighted by atomic mass is 10.1. The number of amides is 1. The van der Waals surface area contributed by atoms with Gasteiger partial charge in [-0.1, -0.05) is 18.2 Å². The molecule has 1 aromatic heterocycles. The fourth-order valence-corrected chi connectivity index (χ4v) is 4.49. The topological polar surface area (TPSA) is 69.7 Å². The molecule has 4 rings (SSSR count). The molecular formula is C25H24N2O4S. The molecule has 0 aliphatic carbocycles. The Balaban J connectivity index is 1.40. The number of aryl methyl sites for hydroxylation is 1. The Morgan fingerprint density at radius 2 is 1.66 bits per heavy atom. The van der Waals surface area contributed by atoms with Crippen molar-refractivity contribution >= 4 is 33.1 Å². The van der Waals surface area contributed by atoms with Crippen LogP contribution in [0.15, 0.2) is 60.7 Å². The van der Waals surface area contributed by atoms with Gasteiger partial charge in [-0.3, -0.25) is 4.79 Å². The number of methoxy groups -OCH3 is 3. The monoisotopic (exact) mass is 448 g/mol. The first-order chi connectivity index (χ1) is 15.6. The fraction of sp³-hybridized carbons (Fsp3) is 0.200. The molecule has 0 saturated heterocycles. The molecule has 0 atom stereocenters. The Labute approximate surface area is 190 Å². The largest absolute Gasteiger partial charge is 0.493 e. The molecule has 0 aliphatic heterocycles. The molecule has 0 unspecified atom stereocenters. The van der Waals surface area contributed by atoms with Gasteiger partial charge in [-0.15, -0.1) is 11.3 Å². The summed E-state index contributed by atoms with van der Waals surface area (Å²) >= 11 is 1.66. The van der Waals surface area contributed by atoms with Gasteiger partial charge in [0.25, 0.3) is 0 Å². The fourth-order valence-electron chi connectivity index (χ4n) is 3.52. The number of fused-ring (bicyclic) bond motifs is 1. The first-order valence-electron chi connectivity index (χ1n) is 10.2. The van der Waals surface area contributed by atoms with Crippen molar-refractivity contribution in [1.29, 1.82) is 0 Å². The van der Waals surface area contributed by atoms with Gasteiger partial charge >= 0.3 is 0 Å². The summed E-state index contributed by atoms with van der Waals surface area (Å²) in [6, 6.07) is 19.5. The molecule has 4 aromatic rings. The lowest BCUT2D eigenvalue weighted by molar-refractivity contribution is -0.116. The van der Waals surface area contributed by atoms with Crippen molar-refractivity contribution in [1.82, 2.24) is 4.98 Å². The highest BCUT2D eigenvalue weighted by atomic mass is 32.1. The summed E-state index contributed by atoms with van der Waals surface area (Å²) < 4.78 is 17.4. The number of anilines is 1. The van der Waals surface area contributed by atoms with Crippen LogP contribution in [0.3, 0.4) is 0 Å². The highest BCUT2D eigenvalue weighted by Gasteiger charge is 2.16. The second kappa shape index (κ2) is 9.70. The summed E-state index contributed by atoms with van der Waals surface area (Å²) in [6.45, 7) is 0. The van der Waals surface area contributed by atoms with Crippen molar-refractivity contribution < 1.29 is 19.0 Å². The average Bonchev–Trinajstić information content (AvgIpc) is 3.26. The van der Waals surface area contributed by atoms with Gasteiger partial charge in [-0.05, 0) is 54.4 Å². The van der Waals surface area contributed by atoms with Crippen molar-refractivity contribution in [3.8, 4) is 27.8 Å². The average molecular weight is 449 g/mol. The standard InChI is InChI=1S/C25H24N2O4S/c1-29-20-14-10-16(23(30-2)24(20)31-3)11-15-22(28)26-18-12-8-17(9-13-18)25-27-19-6-4-5-7-21(19)32-25/h4-10,12-14H,11,15H2,1-3H3,(H,26,28). The van der Waals surface area contributed by atoms with Crippen LogP contribution in [0.4, 0.5) is 5.69 Å². The second-order valence-corrected chi connectivity index (χ2v) is 8.14. The third kappa shape index (κ3) is 4.53. The van der Waals surface area contributed by atoms with E-state index in [0.29, 0.717) is 30.1 Å². The Morgan fingerprint density at radius 1 is 0.906 bits per heavy atom. The molecule has 3 aromatic carbocycles. The Bertz CT molecular complexity index is 1200. The van der Waals surface area contributed by atoms with Crippen molar-refractivity contribution in [2.75, 3.05) is 26.6 Å². The summed E-state index contributed by atoms with van der Waals surface area (Å²) in [4.78, 5) is 17.2. The van der Waals surface area contributed by atoms with Crippen LogP contribution in [0.25, 0.3) is 20.8 Å². The molecule has 32 heavy (non-hydrogen) atoms. The predicted molar refractivity (Wildman–Crippen MR) is 128 cm³/mol. The zero-order valence-electron chi connectivity index (χ0n) is 18.2. The molecule has 0 fully saturated rings. The van der Waals surface area contributed by atoms with E-state index in [1.165, 1.54) is 0 Å². The van der Waals surface area contributed by atoms with E-state index in [-0.39, 0.29) is 5.91 Å². The van der Waals surface area contributed by atoms with Crippen molar-refractivity contribution in [2.45, 2.75) is 12.8 Å². The minimum atomic E-state index is -0.0745. The first kappa shape index (κ1) is 21.6. The smallest absolute Gasteiger partial charge is 0.224 e. The quantitative estimate of drug-likeness (QED) is 0.382. The van der Waals surface area contributed by atoms with Gasteiger partial charge in [-0.2, -0.15) is 0 Å². The van der Waals surface area contributed by atoms with Crippen LogP contribution in [0.5, 0.6) is 17.2 Å². The number of aromatic nitrogens is 1. The summed E-state index contributed by atoms with van der Waals surface area (Å²) in [5, 5.41) is 3.92. The molecule has 164 valence electrons. The number of ether oxygens (including phenoxy) is 3. The van der Waals surface area contributed by atoms with Gasteiger partial charge in [0.05, 0.1) is 31.5 Å². The lowest BCUT2D eigenvalue weighted by Crippen LogP contribution is -2.12. The summed E-state index contributed by atoms with van der Waals surface area (Å²) in [5.74, 6) is 1.62. The van der Waals surface area contributed by atoms with E-state index >= 15 is 0 Å². The highest BCUT2D eigenvalue weighted by molar-refractivity contribution is 7.21. The lowest BCUT2D eigenvalue weighted by Gasteiger charge is -2.15. The molecule has 1 heterocycles. The number of hydrogen-bond acceptors (Lipinski definition) is 6. The zero-order chi connectivity index (χ0) is 22.5. The molecule has 0 radical (unpaired) electrons. The second-order valence-electron chi connectivity index (χ2n) is 7.11. The number of nitrogens with one attached hydrogen (secondary N) is 1. The Kier molecular flexibility index (Phi) is 6.56. The van der Waals surface area contributed by atoms with Crippen LogP contribution in [-0.2, 0) is 11.2 Å². The maximum absolute atomic E-state index is 12.5. The highest BCUT2D eigenvalue weighted by Crippen LogP contribution is 2.40. The Hall–Kier alpha value is -3.58. The molecular weight excluding hydrogens is 424 g/mol. The van der Waals surface area contributed by atoms with Gasteiger partial charge in [0.2, 0.25) is 11.7 Å². The SMILES string of the molecule is COc1ccc(CCC(=O)Nc2ccc(-c3nc4ccccc4s3)cc2)c(OC)c1OC. The summed E-state index contributed by atoms with van der Waals surface area (Å²) in [7, 11) is 4.72. The third-order valence-corrected chi connectivity index (χ3v) is 6.20. The van der Waals surface area contributed by atoms with Crippen LogP contribution < -0.4 is 19.5 Å². The van der Waals surface area contributed by atoms with Crippen LogP contribution in [-0.4, -0.2) is 32.2 Å². The molecule has 0 bridgehead atoms. The minimum absolute atomic E-state index is 0.0745. The molecule has 0 aliphatic rings. The van der Waals surface area contributed by atoms with Gasteiger partial charge in [0, 0.05) is 17.7 Å². The van der Waals surface area contributed by atoms with Crippen molar-refractivity contribution in [2.24, 2.45) is 0 Å². The van der Waals surface area contributed by atoms with Crippen LogP contribution in [0.2, 0.25) is 0 Å². The summed E-state index contributed by atoms with van der Waals surface area (Å²) in [6.07, 6.45) is 0.824. The minimum Gasteiger partial charge on any atom is -0.493 e. The number of nitrogens with zero attached hydrogens (tertiary/aromatic N) is 1. The van der Waals surface area contributed by atoms with Gasteiger partial charge in [-0.25, -0.2) is 4.98 Å². The van der Waals surface area contributed by atoms with Gasteiger partial charge in [0.1, 0.15) is 5.01 Å². The van der Waals surface area contributed by atoms with Crippen LogP contribution in [0.1, 0.15) is 12.0 Å². The van der Waals surface area contributed by atoms with Gasteiger partial charge in [0.15, 0.2) is 11.5 Å². The third-order valence-electron chi connectivity index (χ3n) is 5.12. The number of thiazole rings is 1. The predicted octanol–water partition coefficient (Wildman–Crippen LogP) is 5.56. The molecule has 0 spiro atoms. The maximum Gasteiger partial charge on any atom is 0.224 e. The van der Waals surface area contributed by atoms with Crippen molar-refractivity contribution in [3.05, 3.63) is 66.2 Å². The van der Waals surface area contributed by atoms with E-state index in [1.54, 1.807) is 32.7 Å². The molecule has 6 nitrogen and oxygen atoms in total. The van der Waals surface area contributed by atoms with Crippen molar-refractivity contribution in [3.63, 3.8) is 0 Å². The molecule has 0 saturated carbocycles. The number of para-hydroxylation sites is 1. The number of carbonyl (C=O) groups excluding carboxylic acids is 1. The van der Waals surface area contributed by atoms with E-state index < -0.39 is 0 Å². The molecule has 1 amide bonds. The number of rotatable bonds is 8. The maximum atomic E-state index is 12.5. The number of hydrogen-bond donors (Lipinski definition) is 1.